The van der Waals surface area contributed by atoms with Crippen LogP contribution in [0, 0.1) is 13.8 Å². The number of ether oxygens (including phenoxy) is 3. The first-order valence-electron chi connectivity index (χ1n) is 17.1. The average molecular weight is 694 g/mol. The Morgan fingerprint density at radius 1 is 0.608 bits per heavy atom. The number of esters is 3. The van der Waals surface area contributed by atoms with Gasteiger partial charge in [-0.05, 0) is 74.4 Å². The van der Waals surface area contributed by atoms with Crippen molar-refractivity contribution >= 4 is 30.3 Å². The molecule has 0 aliphatic carbocycles. The zero-order valence-electron chi connectivity index (χ0n) is 30.4. The second-order valence-electron chi connectivity index (χ2n) is 11.3. The van der Waals surface area contributed by atoms with Crippen LogP contribution in [0.15, 0.2) is 119 Å². The fourth-order valence-corrected chi connectivity index (χ4v) is 4.53. The number of aryl methyl sites for hydroxylation is 2. The van der Waals surface area contributed by atoms with Gasteiger partial charge in [-0.2, -0.15) is 0 Å². The Kier molecular flexibility index (Phi) is 20.2. The Hall–Kier alpha value is -5.41. The van der Waals surface area contributed by atoms with E-state index in [4.69, 9.17) is 19.9 Å². The Labute approximate surface area is 302 Å². The molecule has 2 atom stereocenters. The van der Waals surface area contributed by atoms with Crippen molar-refractivity contribution in [3.05, 3.63) is 143 Å². The normalized spacial score (nSPS) is 11.7. The molecule has 9 heteroatoms. The molecule has 51 heavy (non-hydrogen) atoms. The van der Waals surface area contributed by atoms with E-state index in [1.54, 1.807) is 26.3 Å². The highest BCUT2D eigenvalue weighted by Crippen LogP contribution is 2.10. The lowest BCUT2D eigenvalue weighted by Gasteiger charge is -2.11. The number of carbonyl (C=O) groups is 3. The van der Waals surface area contributed by atoms with Crippen LogP contribution in [0.3, 0.4) is 0 Å². The summed E-state index contributed by atoms with van der Waals surface area (Å²) in [6, 6.07) is 34.3. The van der Waals surface area contributed by atoms with Gasteiger partial charge < -0.3 is 19.9 Å². The quantitative estimate of drug-likeness (QED) is 0.0886. The Balaban J connectivity index is 0.000000275. The molecule has 0 fully saturated rings. The SMILES string of the molecule is CCOC(=O)CN=Cc1ccccc1C.CCOC(=O)[C@@H](N)Cc1ccccc1.CCOC(=O)[C@H](Cc1ccccc1)N=Cc1ccccc1C. The molecule has 4 rings (SSSR count). The van der Waals surface area contributed by atoms with Gasteiger partial charge in [0, 0.05) is 18.9 Å². The second-order valence-corrected chi connectivity index (χ2v) is 11.3. The molecule has 0 spiro atoms. The van der Waals surface area contributed by atoms with Crippen molar-refractivity contribution < 1.29 is 28.6 Å². The summed E-state index contributed by atoms with van der Waals surface area (Å²) in [6.07, 6.45) is 4.54. The first-order valence-corrected chi connectivity index (χ1v) is 17.1. The van der Waals surface area contributed by atoms with Gasteiger partial charge in [-0.25, -0.2) is 4.79 Å². The maximum Gasteiger partial charge on any atom is 0.331 e. The van der Waals surface area contributed by atoms with Crippen LogP contribution in [-0.2, 0) is 41.4 Å². The molecule has 0 aliphatic heterocycles. The second kappa shape index (κ2) is 24.7. The van der Waals surface area contributed by atoms with E-state index >= 15 is 0 Å². The van der Waals surface area contributed by atoms with E-state index < -0.39 is 12.1 Å². The molecule has 0 bridgehead atoms. The monoisotopic (exact) mass is 693 g/mol. The minimum absolute atomic E-state index is 0.0855. The number of benzene rings is 4. The lowest BCUT2D eigenvalue weighted by molar-refractivity contribution is -0.145. The molecule has 0 aromatic heterocycles. The summed E-state index contributed by atoms with van der Waals surface area (Å²) in [4.78, 5) is 42.8. The number of hydrogen-bond donors (Lipinski definition) is 1. The van der Waals surface area contributed by atoms with E-state index in [9.17, 15) is 14.4 Å². The molecule has 4 aromatic rings. The number of aliphatic imine (C=N–C) groups is 2. The largest absolute Gasteiger partial charge is 0.465 e. The van der Waals surface area contributed by atoms with Crippen molar-refractivity contribution in [1.29, 1.82) is 0 Å². The minimum atomic E-state index is -0.558. The predicted octanol–water partition coefficient (Wildman–Crippen LogP) is 6.68. The summed E-state index contributed by atoms with van der Waals surface area (Å²) in [5.74, 6) is -0.908. The van der Waals surface area contributed by atoms with Gasteiger partial charge in [0.15, 0.2) is 6.04 Å². The van der Waals surface area contributed by atoms with Crippen molar-refractivity contribution in [2.75, 3.05) is 26.4 Å². The van der Waals surface area contributed by atoms with Gasteiger partial charge in [0.1, 0.15) is 12.6 Å². The number of rotatable bonds is 14. The Morgan fingerprint density at radius 2 is 1.06 bits per heavy atom. The van der Waals surface area contributed by atoms with Crippen LogP contribution in [0.4, 0.5) is 0 Å². The minimum Gasteiger partial charge on any atom is -0.465 e. The Morgan fingerprint density at radius 3 is 1.57 bits per heavy atom. The molecule has 0 saturated heterocycles. The maximum atomic E-state index is 12.1. The van der Waals surface area contributed by atoms with Gasteiger partial charge in [0.05, 0.1) is 19.8 Å². The van der Waals surface area contributed by atoms with Crippen LogP contribution in [0.2, 0.25) is 0 Å². The van der Waals surface area contributed by atoms with E-state index in [1.165, 1.54) is 0 Å². The van der Waals surface area contributed by atoms with Crippen molar-refractivity contribution in [3.63, 3.8) is 0 Å². The highest BCUT2D eigenvalue weighted by Gasteiger charge is 2.19. The summed E-state index contributed by atoms with van der Waals surface area (Å²) in [5, 5.41) is 0. The van der Waals surface area contributed by atoms with Gasteiger partial charge in [-0.1, -0.05) is 109 Å². The van der Waals surface area contributed by atoms with E-state index in [0.717, 1.165) is 33.4 Å². The molecule has 270 valence electrons. The predicted molar refractivity (Wildman–Crippen MR) is 204 cm³/mol. The third kappa shape index (κ3) is 17.2. The summed E-state index contributed by atoms with van der Waals surface area (Å²) in [7, 11) is 0. The summed E-state index contributed by atoms with van der Waals surface area (Å²) < 4.78 is 14.7. The number of hydrogen-bond acceptors (Lipinski definition) is 9. The molecule has 0 radical (unpaired) electrons. The van der Waals surface area contributed by atoms with E-state index in [-0.39, 0.29) is 24.5 Å². The van der Waals surface area contributed by atoms with Crippen LogP contribution in [0.5, 0.6) is 0 Å². The highest BCUT2D eigenvalue weighted by atomic mass is 16.5. The van der Waals surface area contributed by atoms with Crippen LogP contribution in [0.25, 0.3) is 0 Å². The lowest BCUT2D eigenvalue weighted by Crippen LogP contribution is -2.34. The zero-order valence-corrected chi connectivity index (χ0v) is 30.4. The smallest absolute Gasteiger partial charge is 0.331 e. The third-order valence-electron chi connectivity index (χ3n) is 7.24. The van der Waals surface area contributed by atoms with Crippen LogP contribution >= 0.6 is 0 Å². The van der Waals surface area contributed by atoms with Gasteiger partial charge in [-0.3, -0.25) is 19.6 Å². The molecule has 2 N–H and O–H groups in total. The standard InChI is InChI=1S/C19H21NO2.C12H15NO2.C11H15NO2/c1-3-22-19(21)18(13-16-10-5-4-6-11-16)20-14-17-12-8-7-9-15(17)2;1-3-15-12(14)9-13-8-11-7-5-4-6-10(11)2;1-2-14-11(13)10(12)8-9-6-4-3-5-7-9/h4-12,14,18H,3,13H2,1-2H3;4-8H,3,9H2,1-2H3;3-7,10H,2,8,12H2,1H3/t18-;;10-/m0.0/s1. The van der Waals surface area contributed by atoms with Crippen LogP contribution in [0.1, 0.15) is 54.2 Å². The van der Waals surface area contributed by atoms with Gasteiger partial charge in [0.25, 0.3) is 0 Å². The molecule has 9 nitrogen and oxygen atoms in total. The van der Waals surface area contributed by atoms with Gasteiger partial charge in [0.2, 0.25) is 0 Å². The van der Waals surface area contributed by atoms with Crippen molar-refractivity contribution in [2.24, 2.45) is 15.7 Å². The summed E-state index contributed by atoms with van der Waals surface area (Å²) >= 11 is 0. The Bertz CT molecular complexity index is 1660. The van der Waals surface area contributed by atoms with Crippen molar-refractivity contribution in [2.45, 2.75) is 59.5 Å². The number of nitrogens with zero attached hydrogens (tertiary/aromatic N) is 2. The summed E-state index contributed by atoms with van der Waals surface area (Å²) in [6.45, 7) is 10.6. The van der Waals surface area contributed by atoms with E-state index in [0.29, 0.717) is 32.7 Å². The first kappa shape index (κ1) is 41.8. The maximum absolute atomic E-state index is 12.1. The molecule has 0 amide bonds. The summed E-state index contributed by atoms with van der Waals surface area (Å²) in [5.41, 5.74) is 12.1. The first-order chi connectivity index (χ1) is 24.7. The molecule has 0 saturated carbocycles. The average Bonchev–Trinajstić information content (AvgIpc) is 3.13. The van der Waals surface area contributed by atoms with Crippen molar-refractivity contribution in [1.82, 2.24) is 0 Å². The van der Waals surface area contributed by atoms with E-state index in [1.807, 2.05) is 130 Å². The highest BCUT2D eigenvalue weighted by molar-refractivity contribution is 5.85. The van der Waals surface area contributed by atoms with E-state index in [2.05, 4.69) is 9.98 Å². The molecule has 0 heterocycles. The van der Waals surface area contributed by atoms with Crippen molar-refractivity contribution in [3.8, 4) is 0 Å². The molecular formula is C42H51N3O6. The van der Waals surface area contributed by atoms with Gasteiger partial charge >= 0.3 is 17.9 Å². The third-order valence-corrected chi connectivity index (χ3v) is 7.24. The number of nitrogens with two attached hydrogens (primary N) is 1. The fraction of sp³-hybridized carbons (Fsp3) is 0.310. The van der Waals surface area contributed by atoms with Crippen LogP contribution in [-0.4, -0.2) is 68.8 Å². The van der Waals surface area contributed by atoms with Crippen LogP contribution < -0.4 is 5.73 Å². The molecule has 0 unspecified atom stereocenters. The zero-order chi connectivity index (χ0) is 37.3. The molecular weight excluding hydrogens is 642 g/mol. The molecule has 4 aromatic carbocycles. The topological polar surface area (TPSA) is 130 Å². The fourth-order valence-electron chi connectivity index (χ4n) is 4.53. The number of carbonyl (C=O) groups excluding carboxylic acids is 3. The molecule has 0 aliphatic rings. The van der Waals surface area contributed by atoms with Gasteiger partial charge in [-0.15, -0.1) is 0 Å². The lowest BCUT2D eigenvalue weighted by atomic mass is 10.1.